The molecule has 0 saturated heterocycles. The molecule has 0 aromatic heterocycles. The summed E-state index contributed by atoms with van der Waals surface area (Å²) in [6.07, 6.45) is 0.359. The Hall–Kier alpha value is -0.610. The first-order chi connectivity index (χ1) is 5.70. The van der Waals surface area contributed by atoms with E-state index in [2.05, 4.69) is 5.32 Å². The number of rotatable bonds is 6. The van der Waals surface area contributed by atoms with Crippen molar-refractivity contribution in [2.45, 2.75) is 26.3 Å². The summed E-state index contributed by atoms with van der Waals surface area (Å²) in [5, 5.41) is 11.2. The molecule has 0 fully saturated rings. The highest BCUT2D eigenvalue weighted by Crippen LogP contribution is 1.85. The smallest absolute Gasteiger partial charge is 0.222 e. The fourth-order valence-electron chi connectivity index (χ4n) is 0.702. The van der Waals surface area contributed by atoms with E-state index in [0.29, 0.717) is 19.6 Å². The Bertz CT molecular complexity index is 127. The van der Waals surface area contributed by atoms with Crippen LogP contribution in [0.4, 0.5) is 0 Å². The molecule has 2 N–H and O–H groups in total. The van der Waals surface area contributed by atoms with Crippen LogP contribution in [0.2, 0.25) is 0 Å². The van der Waals surface area contributed by atoms with Crippen LogP contribution < -0.4 is 5.32 Å². The maximum absolute atomic E-state index is 11.0. The lowest BCUT2D eigenvalue weighted by Gasteiger charge is -2.10. The topological polar surface area (TPSA) is 58.6 Å². The SMILES string of the molecule is CCOCCC(=O)N[C@H](C)CO. The molecule has 0 aliphatic rings. The minimum absolute atomic E-state index is 0.0274. The molecule has 0 aliphatic carbocycles. The summed E-state index contributed by atoms with van der Waals surface area (Å²) < 4.78 is 5.00. The van der Waals surface area contributed by atoms with Gasteiger partial charge in [-0.15, -0.1) is 0 Å². The van der Waals surface area contributed by atoms with Gasteiger partial charge in [0.05, 0.1) is 13.2 Å². The van der Waals surface area contributed by atoms with Crippen LogP contribution in [0.25, 0.3) is 0 Å². The van der Waals surface area contributed by atoms with Gasteiger partial charge in [0.15, 0.2) is 0 Å². The van der Waals surface area contributed by atoms with E-state index in [9.17, 15) is 4.79 Å². The zero-order chi connectivity index (χ0) is 9.40. The van der Waals surface area contributed by atoms with E-state index in [1.165, 1.54) is 0 Å². The molecular formula is C8H17NO3. The first-order valence-corrected chi connectivity index (χ1v) is 4.18. The van der Waals surface area contributed by atoms with E-state index < -0.39 is 0 Å². The lowest BCUT2D eigenvalue weighted by atomic mass is 10.3. The van der Waals surface area contributed by atoms with Crippen molar-refractivity contribution >= 4 is 5.91 Å². The second-order valence-corrected chi connectivity index (χ2v) is 2.60. The highest BCUT2D eigenvalue weighted by molar-refractivity contribution is 5.76. The number of ether oxygens (including phenoxy) is 1. The van der Waals surface area contributed by atoms with Crippen molar-refractivity contribution in [3.63, 3.8) is 0 Å². The fourth-order valence-corrected chi connectivity index (χ4v) is 0.702. The number of hydrogen-bond acceptors (Lipinski definition) is 3. The Morgan fingerprint density at radius 3 is 2.83 bits per heavy atom. The molecule has 0 unspecified atom stereocenters. The first-order valence-electron chi connectivity index (χ1n) is 4.18. The minimum atomic E-state index is -0.167. The normalized spacial score (nSPS) is 12.6. The van der Waals surface area contributed by atoms with Crippen molar-refractivity contribution in [1.82, 2.24) is 5.32 Å². The van der Waals surface area contributed by atoms with Gasteiger partial charge in [-0.25, -0.2) is 0 Å². The summed E-state index contributed by atoms with van der Waals surface area (Å²) in [6.45, 7) is 4.68. The van der Waals surface area contributed by atoms with Gasteiger partial charge in [-0.3, -0.25) is 4.79 Å². The highest BCUT2D eigenvalue weighted by Gasteiger charge is 2.04. The number of aliphatic hydroxyl groups excluding tert-OH is 1. The lowest BCUT2D eigenvalue weighted by molar-refractivity contribution is -0.123. The fraction of sp³-hybridized carbons (Fsp3) is 0.875. The molecule has 0 spiro atoms. The largest absolute Gasteiger partial charge is 0.394 e. The predicted octanol–water partition coefficient (Wildman–Crippen LogP) is -0.0900. The zero-order valence-electron chi connectivity index (χ0n) is 7.67. The highest BCUT2D eigenvalue weighted by atomic mass is 16.5. The van der Waals surface area contributed by atoms with E-state index in [1.807, 2.05) is 6.92 Å². The van der Waals surface area contributed by atoms with Crippen molar-refractivity contribution in [1.29, 1.82) is 0 Å². The Labute approximate surface area is 72.9 Å². The van der Waals surface area contributed by atoms with Crippen LogP contribution in [0.5, 0.6) is 0 Å². The average Bonchev–Trinajstić information content (AvgIpc) is 2.05. The first kappa shape index (κ1) is 11.4. The molecule has 0 bridgehead atoms. The Balaban J connectivity index is 3.33. The van der Waals surface area contributed by atoms with Crippen molar-refractivity contribution in [3.8, 4) is 0 Å². The second-order valence-electron chi connectivity index (χ2n) is 2.60. The molecule has 12 heavy (non-hydrogen) atoms. The predicted molar refractivity (Wildman–Crippen MR) is 45.8 cm³/mol. The third-order valence-corrected chi connectivity index (χ3v) is 1.36. The minimum Gasteiger partial charge on any atom is -0.394 e. The van der Waals surface area contributed by atoms with Gasteiger partial charge >= 0.3 is 0 Å². The number of nitrogens with one attached hydrogen (secondary N) is 1. The van der Waals surface area contributed by atoms with Gasteiger partial charge < -0.3 is 15.2 Å². The summed E-state index contributed by atoms with van der Waals surface area (Å²) in [6, 6.07) is -0.167. The van der Waals surface area contributed by atoms with Crippen molar-refractivity contribution < 1.29 is 14.6 Å². The third kappa shape index (κ3) is 6.12. The van der Waals surface area contributed by atoms with Gasteiger partial charge in [0.25, 0.3) is 0 Å². The molecule has 0 aliphatic heterocycles. The van der Waals surface area contributed by atoms with Crippen molar-refractivity contribution in [2.75, 3.05) is 19.8 Å². The molecule has 0 aromatic rings. The maximum Gasteiger partial charge on any atom is 0.222 e. The van der Waals surface area contributed by atoms with Crippen LogP contribution in [0.3, 0.4) is 0 Å². The van der Waals surface area contributed by atoms with E-state index >= 15 is 0 Å². The van der Waals surface area contributed by atoms with Gasteiger partial charge in [-0.05, 0) is 13.8 Å². The van der Waals surface area contributed by atoms with Crippen LogP contribution in [0.1, 0.15) is 20.3 Å². The van der Waals surface area contributed by atoms with Crippen LogP contribution in [-0.4, -0.2) is 36.9 Å². The number of aliphatic hydroxyl groups is 1. The van der Waals surface area contributed by atoms with Gasteiger partial charge in [-0.1, -0.05) is 0 Å². The average molecular weight is 175 g/mol. The number of hydrogen-bond donors (Lipinski definition) is 2. The van der Waals surface area contributed by atoms with Crippen LogP contribution in [0, 0.1) is 0 Å². The summed E-state index contributed by atoms with van der Waals surface area (Å²) in [7, 11) is 0. The Kier molecular flexibility index (Phi) is 6.70. The van der Waals surface area contributed by atoms with Gasteiger partial charge in [0.2, 0.25) is 5.91 Å². The van der Waals surface area contributed by atoms with Crippen molar-refractivity contribution in [3.05, 3.63) is 0 Å². The summed E-state index contributed by atoms with van der Waals surface area (Å²) in [5.41, 5.74) is 0. The lowest BCUT2D eigenvalue weighted by Crippen LogP contribution is -2.35. The van der Waals surface area contributed by atoms with Crippen LogP contribution in [0.15, 0.2) is 0 Å². The second kappa shape index (κ2) is 7.06. The van der Waals surface area contributed by atoms with Gasteiger partial charge in [0.1, 0.15) is 0 Å². The molecule has 0 saturated carbocycles. The molecular weight excluding hydrogens is 158 g/mol. The molecule has 1 amide bonds. The maximum atomic E-state index is 11.0. The summed E-state index contributed by atoms with van der Waals surface area (Å²) in [4.78, 5) is 11.0. The Morgan fingerprint density at radius 1 is 1.67 bits per heavy atom. The molecule has 72 valence electrons. The molecule has 1 atom stereocenters. The van der Waals surface area contributed by atoms with E-state index in [4.69, 9.17) is 9.84 Å². The molecule has 0 radical (unpaired) electrons. The standard InChI is InChI=1S/C8H17NO3/c1-3-12-5-4-8(11)9-7(2)6-10/h7,10H,3-6H2,1-2H3,(H,9,11)/t7-/m1/s1. The number of carbonyl (C=O) groups is 1. The van der Waals surface area contributed by atoms with E-state index in [1.54, 1.807) is 6.92 Å². The molecule has 4 nitrogen and oxygen atoms in total. The Morgan fingerprint density at radius 2 is 2.33 bits per heavy atom. The number of amides is 1. The molecule has 0 heterocycles. The molecule has 0 aromatic carbocycles. The number of carbonyl (C=O) groups excluding carboxylic acids is 1. The van der Waals surface area contributed by atoms with Crippen LogP contribution >= 0.6 is 0 Å². The molecule has 0 rings (SSSR count). The monoisotopic (exact) mass is 175 g/mol. The zero-order valence-corrected chi connectivity index (χ0v) is 7.67. The van der Waals surface area contributed by atoms with Gasteiger partial charge in [-0.2, -0.15) is 0 Å². The van der Waals surface area contributed by atoms with E-state index in [-0.39, 0.29) is 18.6 Å². The van der Waals surface area contributed by atoms with Crippen LogP contribution in [-0.2, 0) is 9.53 Å². The van der Waals surface area contributed by atoms with E-state index in [0.717, 1.165) is 0 Å². The molecule has 4 heteroatoms. The third-order valence-electron chi connectivity index (χ3n) is 1.36. The van der Waals surface area contributed by atoms with Crippen molar-refractivity contribution in [2.24, 2.45) is 0 Å². The summed E-state index contributed by atoms with van der Waals surface area (Å²) >= 11 is 0. The van der Waals surface area contributed by atoms with Gasteiger partial charge in [0, 0.05) is 19.1 Å². The summed E-state index contributed by atoms with van der Waals surface area (Å²) in [5.74, 6) is -0.0787. The quantitative estimate of drug-likeness (QED) is 0.555.